The standard InChI is InChI=1S/C27H19Cl2N3O4S3/c1-13-4-7-15(8-5-13)32-24(34)21-20(18-3-2-10-37-18)23-26(38-22(21)25(32)35)31(27(36)39-23)12-19(33)30-14-6-9-16(28)17(29)11-14/h2-11,20-22H,12H2,1H3,(H,30,33)/t20-,21-,22+/m0/s1. The summed E-state index contributed by atoms with van der Waals surface area (Å²) in [5, 5.41) is 5.13. The molecule has 3 amide bonds. The fraction of sp³-hybridized carbons (Fsp3) is 0.185. The number of nitrogens with zero attached hydrogens (tertiary/aromatic N) is 2. The van der Waals surface area contributed by atoms with Gasteiger partial charge in [-0.1, -0.05) is 70.1 Å². The minimum Gasteiger partial charge on any atom is -0.324 e. The van der Waals surface area contributed by atoms with Gasteiger partial charge in [-0.3, -0.25) is 23.7 Å². The molecule has 0 aliphatic carbocycles. The molecular formula is C27H19Cl2N3O4S3. The van der Waals surface area contributed by atoms with Gasteiger partial charge < -0.3 is 5.32 Å². The number of carbonyl (C=O) groups is 3. The Labute approximate surface area is 245 Å². The Morgan fingerprint density at radius 2 is 1.77 bits per heavy atom. The minimum absolute atomic E-state index is 0.254. The van der Waals surface area contributed by atoms with Crippen molar-refractivity contribution in [2.24, 2.45) is 5.92 Å². The topological polar surface area (TPSA) is 88.5 Å². The molecule has 7 nitrogen and oxygen atoms in total. The Morgan fingerprint density at radius 3 is 2.46 bits per heavy atom. The molecule has 4 aromatic rings. The summed E-state index contributed by atoms with van der Waals surface area (Å²) >= 11 is 15.7. The Morgan fingerprint density at radius 1 is 1.00 bits per heavy atom. The van der Waals surface area contributed by atoms with E-state index in [1.807, 2.05) is 36.6 Å². The van der Waals surface area contributed by atoms with Crippen LogP contribution >= 0.6 is 57.6 Å². The van der Waals surface area contributed by atoms with Crippen LogP contribution in [-0.4, -0.2) is 27.5 Å². The van der Waals surface area contributed by atoms with E-state index in [0.29, 0.717) is 31.3 Å². The number of thioether (sulfide) groups is 1. The molecule has 0 bridgehead atoms. The molecule has 1 saturated heterocycles. The third kappa shape index (κ3) is 4.64. The number of anilines is 2. The molecule has 0 spiro atoms. The van der Waals surface area contributed by atoms with Crippen molar-refractivity contribution >= 4 is 86.7 Å². The maximum absolute atomic E-state index is 13.8. The van der Waals surface area contributed by atoms with Crippen LogP contribution in [0.15, 0.2) is 69.8 Å². The van der Waals surface area contributed by atoms with Gasteiger partial charge in [0.15, 0.2) is 0 Å². The maximum atomic E-state index is 13.8. The molecule has 3 atom stereocenters. The van der Waals surface area contributed by atoms with Crippen molar-refractivity contribution in [3.63, 3.8) is 0 Å². The molecule has 39 heavy (non-hydrogen) atoms. The third-order valence-electron chi connectivity index (χ3n) is 6.70. The van der Waals surface area contributed by atoms with Crippen molar-refractivity contribution in [2.45, 2.75) is 29.7 Å². The number of amides is 3. The average molecular weight is 617 g/mol. The van der Waals surface area contributed by atoms with E-state index in [1.165, 1.54) is 38.6 Å². The summed E-state index contributed by atoms with van der Waals surface area (Å²) in [7, 11) is 0. The number of thiophene rings is 1. The SMILES string of the molecule is Cc1ccc(N2C(=O)[C@H]3[C@H](c4cccs4)c4sc(=O)n(CC(=O)Nc5ccc(Cl)c(Cl)c5)c4S[C@H]3C2=O)cc1. The van der Waals surface area contributed by atoms with E-state index in [-0.39, 0.29) is 23.2 Å². The van der Waals surface area contributed by atoms with Crippen LogP contribution in [0, 0.1) is 12.8 Å². The summed E-state index contributed by atoms with van der Waals surface area (Å²) < 4.78 is 1.39. The second-order valence-electron chi connectivity index (χ2n) is 9.21. The molecule has 0 unspecified atom stereocenters. The molecule has 2 aliphatic rings. The van der Waals surface area contributed by atoms with E-state index in [4.69, 9.17) is 23.2 Å². The van der Waals surface area contributed by atoms with Gasteiger partial charge in [0, 0.05) is 21.4 Å². The Kier molecular flexibility index (Phi) is 6.93. The number of nitrogens with one attached hydrogen (secondary N) is 1. The lowest BCUT2D eigenvalue weighted by Gasteiger charge is -2.29. The predicted octanol–water partition coefficient (Wildman–Crippen LogP) is 6.02. The van der Waals surface area contributed by atoms with Crippen molar-refractivity contribution < 1.29 is 14.4 Å². The quantitative estimate of drug-likeness (QED) is 0.277. The highest BCUT2D eigenvalue weighted by Crippen LogP contribution is 2.54. The minimum atomic E-state index is -0.725. The first kappa shape index (κ1) is 26.3. The molecule has 4 heterocycles. The van der Waals surface area contributed by atoms with Gasteiger partial charge in [-0.15, -0.1) is 11.3 Å². The van der Waals surface area contributed by atoms with Crippen molar-refractivity contribution in [2.75, 3.05) is 10.2 Å². The van der Waals surface area contributed by atoms with Crippen LogP contribution in [0.3, 0.4) is 0 Å². The third-order valence-corrected chi connectivity index (χ3v) is 11.0. The highest BCUT2D eigenvalue weighted by molar-refractivity contribution is 8.00. The smallest absolute Gasteiger partial charge is 0.308 e. The normalized spacial score (nSPS) is 20.2. The zero-order valence-corrected chi connectivity index (χ0v) is 24.2. The molecule has 1 fully saturated rings. The van der Waals surface area contributed by atoms with Gasteiger partial charge in [-0.2, -0.15) is 0 Å². The average Bonchev–Trinajstić information content (AvgIpc) is 3.60. The molecule has 2 aliphatic heterocycles. The van der Waals surface area contributed by atoms with Gasteiger partial charge in [0.2, 0.25) is 17.7 Å². The summed E-state index contributed by atoms with van der Waals surface area (Å²) in [6.45, 7) is 1.69. The van der Waals surface area contributed by atoms with Gasteiger partial charge in [-0.05, 0) is 48.7 Å². The largest absolute Gasteiger partial charge is 0.324 e. The first-order valence-electron chi connectivity index (χ1n) is 11.9. The number of rotatable bonds is 5. The van der Waals surface area contributed by atoms with Crippen LogP contribution < -0.4 is 15.1 Å². The molecule has 1 N–H and O–H groups in total. The highest BCUT2D eigenvalue weighted by Gasteiger charge is 2.57. The molecule has 0 radical (unpaired) electrons. The number of hydrogen-bond donors (Lipinski definition) is 1. The zero-order valence-electron chi connectivity index (χ0n) is 20.2. The lowest BCUT2D eigenvalue weighted by molar-refractivity contribution is -0.122. The molecule has 0 saturated carbocycles. The van der Waals surface area contributed by atoms with Crippen LogP contribution in [0.4, 0.5) is 11.4 Å². The van der Waals surface area contributed by atoms with Crippen LogP contribution in [0.2, 0.25) is 10.0 Å². The van der Waals surface area contributed by atoms with Crippen LogP contribution in [0.5, 0.6) is 0 Å². The monoisotopic (exact) mass is 615 g/mol. The summed E-state index contributed by atoms with van der Waals surface area (Å²) in [5.74, 6) is -2.16. The molecular weight excluding hydrogens is 597 g/mol. The number of thiazole rings is 1. The Bertz CT molecular complexity index is 1680. The lowest BCUT2D eigenvalue weighted by atomic mass is 9.87. The van der Waals surface area contributed by atoms with Gasteiger partial charge in [0.1, 0.15) is 11.8 Å². The van der Waals surface area contributed by atoms with Crippen LogP contribution in [0.25, 0.3) is 0 Å². The first-order chi connectivity index (χ1) is 18.7. The van der Waals surface area contributed by atoms with Gasteiger partial charge in [0.05, 0.1) is 26.7 Å². The summed E-state index contributed by atoms with van der Waals surface area (Å²) in [6.07, 6.45) is 0. The number of carbonyl (C=O) groups excluding carboxylic acids is 3. The van der Waals surface area contributed by atoms with Crippen molar-refractivity contribution in [3.8, 4) is 0 Å². The van der Waals surface area contributed by atoms with E-state index < -0.39 is 23.0 Å². The molecule has 12 heteroatoms. The number of halogens is 2. The second kappa shape index (κ2) is 10.3. The predicted molar refractivity (Wildman–Crippen MR) is 157 cm³/mol. The number of aryl methyl sites for hydroxylation is 1. The summed E-state index contributed by atoms with van der Waals surface area (Å²) in [5.41, 5.74) is 1.99. The van der Waals surface area contributed by atoms with E-state index in [9.17, 15) is 19.2 Å². The van der Waals surface area contributed by atoms with Crippen molar-refractivity contribution in [3.05, 3.63) is 95.0 Å². The first-order valence-corrected chi connectivity index (χ1v) is 15.2. The number of imide groups is 1. The van der Waals surface area contributed by atoms with Crippen LogP contribution in [-0.2, 0) is 20.9 Å². The number of fused-ring (bicyclic) bond motifs is 2. The molecule has 6 rings (SSSR count). The second-order valence-corrected chi connectivity index (χ2v) is 13.1. The van der Waals surface area contributed by atoms with E-state index >= 15 is 0 Å². The Balaban J connectivity index is 1.37. The van der Waals surface area contributed by atoms with Gasteiger partial charge in [-0.25, -0.2) is 4.90 Å². The Hall–Kier alpha value is -2.89. The van der Waals surface area contributed by atoms with E-state index in [0.717, 1.165) is 21.8 Å². The number of aromatic nitrogens is 1. The number of hydrogen-bond acceptors (Lipinski definition) is 7. The van der Waals surface area contributed by atoms with Crippen molar-refractivity contribution in [1.82, 2.24) is 4.57 Å². The molecule has 2 aromatic heterocycles. The summed E-state index contributed by atoms with van der Waals surface area (Å²) in [4.78, 5) is 56.2. The van der Waals surface area contributed by atoms with E-state index in [1.54, 1.807) is 24.3 Å². The van der Waals surface area contributed by atoms with E-state index in [2.05, 4.69) is 5.32 Å². The maximum Gasteiger partial charge on any atom is 0.308 e. The number of benzene rings is 2. The zero-order chi connectivity index (χ0) is 27.4. The molecule has 198 valence electrons. The fourth-order valence-corrected chi connectivity index (χ4v) is 8.92. The fourth-order valence-electron chi connectivity index (χ4n) is 4.90. The summed E-state index contributed by atoms with van der Waals surface area (Å²) in [6, 6.07) is 15.8. The van der Waals surface area contributed by atoms with Crippen LogP contribution in [0.1, 0.15) is 21.2 Å². The van der Waals surface area contributed by atoms with Gasteiger partial charge >= 0.3 is 4.87 Å². The lowest BCUT2D eigenvalue weighted by Crippen LogP contribution is -2.32. The van der Waals surface area contributed by atoms with Gasteiger partial charge in [0.25, 0.3) is 0 Å². The highest BCUT2D eigenvalue weighted by atomic mass is 35.5. The van der Waals surface area contributed by atoms with Crippen molar-refractivity contribution in [1.29, 1.82) is 0 Å². The molecule has 2 aromatic carbocycles.